The van der Waals surface area contributed by atoms with Crippen molar-refractivity contribution in [3.05, 3.63) is 60.7 Å². The molecule has 0 heterocycles. The molecular weight excluding hydrogens is 256 g/mol. The molecule has 0 amide bonds. The van der Waals surface area contributed by atoms with Crippen LogP contribution in [0.4, 0.5) is 0 Å². The van der Waals surface area contributed by atoms with Crippen molar-refractivity contribution in [1.29, 1.82) is 0 Å². The molecule has 0 saturated carbocycles. The van der Waals surface area contributed by atoms with Gasteiger partial charge in [-0.3, -0.25) is 0 Å². The van der Waals surface area contributed by atoms with Crippen LogP contribution in [-0.4, -0.2) is 0 Å². The minimum atomic E-state index is 0. The molecule has 2 aromatic rings. The molecule has 0 bridgehead atoms. The van der Waals surface area contributed by atoms with E-state index in [4.69, 9.17) is 0 Å². The molecule has 0 spiro atoms. The topological polar surface area (TPSA) is 0 Å². The van der Waals surface area contributed by atoms with E-state index in [0.29, 0.717) is 0 Å². The van der Waals surface area contributed by atoms with Crippen LogP contribution in [0.25, 0.3) is 0 Å². The van der Waals surface area contributed by atoms with Crippen molar-refractivity contribution < 1.29 is 17.4 Å². The van der Waals surface area contributed by atoms with Gasteiger partial charge in [0.2, 0.25) is 0 Å². The first-order valence-electron chi connectivity index (χ1n) is 6.75. The van der Waals surface area contributed by atoms with Crippen LogP contribution in [0.2, 0.25) is 0 Å². The van der Waals surface area contributed by atoms with Crippen molar-refractivity contribution in [2.24, 2.45) is 0 Å². The maximum Gasteiger partial charge on any atom is 2.00 e. The fourth-order valence-electron chi connectivity index (χ4n) is 1.32. The van der Waals surface area contributed by atoms with Crippen molar-refractivity contribution in [2.75, 3.05) is 0 Å². The van der Waals surface area contributed by atoms with Crippen LogP contribution < -0.4 is 0 Å². The number of hydrogen-bond acceptors (Lipinski definition) is 0. The van der Waals surface area contributed by atoms with Gasteiger partial charge in [-0.1, -0.05) is 46.0 Å². The van der Waals surface area contributed by atoms with Gasteiger partial charge in [0.1, 0.15) is 0 Å². The molecule has 18 heavy (non-hydrogen) atoms. The van der Waals surface area contributed by atoms with Gasteiger partial charge in [0.15, 0.2) is 0 Å². The minimum Gasteiger partial charge on any atom is -0.214 e. The van der Waals surface area contributed by atoms with Crippen molar-refractivity contribution in [3.63, 3.8) is 0 Å². The Kier molecular flexibility index (Phi) is 20.2. The van der Waals surface area contributed by atoms with E-state index < -0.39 is 0 Å². The first-order valence-corrected chi connectivity index (χ1v) is 6.75. The van der Waals surface area contributed by atoms with Gasteiger partial charge in [-0.15, -0.1) is 0 Å². The van der Waals surface area contributed by atoms with Crippen molar-refractivity contribution in [1.82, 2.24) is 0 Å². The van der Waals surface area contributed by atoms with Crippen molar-refractivity contribution in [3.8, 4) is 0 Å². The average molecular weight is 282 g/mol. The molecule has 0 unspecified atom stereocenters. The molecule has 0 saturated heterocycles. The maximum absolute atomic E-state index is 2.25. The Bertz CT molecular complexity index is 204. The van der Waals surface area contributed by atoms with Crippen molar-refractivity contribution in [2.45, 2.75) is 46.0 Å². The van der Waals surface area contributed by atoms with Crippen molar-refractivity contribution >= 4 is 0 Å². The van der Waals surface area contributed by atoms with Gasteiger partial charge in [0.05, 0.1) is 0 Å². The van der Waals surface area contributed by atoms with Crippen LogP contribution in [0.1, 0.15) is 46.0 Å². The van der Waals surface area contributed by atoms with Gasteiger partial charge in [0, 0.05) is 0 Å². The van der Waals surface area contributed by atoms with Crippen LogP contribution in [0.5, 0.6) is 0 Å². The Morgan fingerprint density at radius 2 is 0.944 bits per heavy atom. The number of rotatable bonds is 4. The molecule has 0 nitrogen and oxygen atoms in total. The summed E-state index contributed by atoms with van der Waals surface area (Å²) in [6.45, 7) is 4.49. The van der Waals surface area contributed by atoms with Gasteiger partial charge in [-0.2, -0.15) is 36.4 Å². The SMILES string of the molecule is CCCCCCC.[Cr+2].c1cc[cH-]c1.c1cc[cH-]c1. The molecular formula is C17H26Cr. The summed E-state index contributed by atoms with van der Waals surface area (Å²) in [4.78, 5) is 0. The number of unbranched alkanes of at least 4 members (excludes halogenated alkanes) is 4. The molecule has 0 aliphatic rings. The number of hydrogen-bond donors (Lipinski definition) is 0. The Morgan fingerprint density at radius 1 is 0.611 bits per heavy atom. The molecule has 0 aliphatic heterocycles. The molecule has 0 radical (unpaired) electrons. The molecule has 0 aromatic heterocycles. The molecule has 0 N–H and O–H groups in total. The summed E-state index contributed by atoms with van der Waals surface area (Å²) in [5.41, 5.74) is 0. The van der Waals surface area contributed by atoms with E-state index in [0.717, 1.165) is 0 Å². The van der Waals surface area contributed by atoms with Gasteiger partial charge in [-0.05, 0) is 0 Å². The molecule has 0 aliphatic carbocycles. The Labute approximate surface area is 124 Å². The van der Waals surface area contributed by atoms with Gasteiger partial charge < -0.3 is 0 Å². The second-order valence-corrected chi connectivity index (χ2v) is 3.99. The van der Waals surface area contributed by atoms with E-state index in [1.807, 2.05) is 60.7 Å². The second-order valence-electron chi connectivity index (χ2n) is 3.99. The molecule has 0 atom stereocenters. The van der Waals surface area contributed by atoms with E-state index in [2.05, 4.69) is 13.8 Å². The quantitative estimate of drug-likeness (QED) is 0.492. The fraction of sp³-hybridized carbons (Fsp3) is 0.412. The zero-order valence-corrected chi connectivity index (χ0v) is 13.0. The third-order valence-electron chi connectivity index (χ3n) is 2.32. The predicted molar refractivity (Wildman–Crippen MR) is 78.5 cm³/mol. The average Bonchev–Trinajstić information content (AvgIpc) is 3.08. The van der Waals surface area contributed by atoms with Crippen LogP contribution in [0, 0.1) is 0 Å². The Hall–Kier alpha value is -0.768. The maximum atomic E-state index is 2.25. The molecule has 0 fully saturated rings. The molecule has 1 heteroatoms. The van der Waals surface area contributed by atoms with Gasteiger partial charge >= 0.3 is 17.4 Å². The normalized spacial score (nSPS) is 8.11. The zero-order valence-electron chi connectivity index (χ0n) is 11.7. The first-order chi connectivity index (χ1) is 8.41. The van der Waals surface area contributed by atoms with E-state index >= 15 is 0 Å². The predicted octanol–water partition coefficient (Wildman–Crippen LogP) is 5.79. The van der Waals surface area contributed by atoms with Crippen LogP contribution in [0.15, 0.2) is 60.7 Å². The summed E-state index contributed by atoms with van der Waals surface area (Å²) in [7, 11) is 0. The third-order valence-corrected chi connectivity index (χ3v) is 2.32. The standard InChI is InChI=1S/C7H16.2C5H5.Cr/c1-3-5-7-6-4-2;2*1-2-4-5-3-1;/h3-7H2,1-2H3;2*1-5H;/q;2*-1;+2. The summed E-state index contributed by atoms with van der Waals surface area (Å²) < 4.78 is 0. The summed E-state index contributed by atoms with van der Waals surface area (Å²) in [5.74, 6) is 0. The summed E-state index contributed by atoms with van der Waals surface area (Å²) in [6.07, 6.45) is 7.01. The molecule has 2 rings (SSSR count). The van der Waals surface area contributed by atoms with E-state index in [1.54, 1.807) is 0 Å². The van der Waals surface area contributed by atoms with E-state index in [1.165, 1.54) is 32.1 Å². The summed E-state index contributed by atoms with van der Waals surface area (Å²) in [6, 6.07) is 20.0. The molecule has 100 valence electrons. The summed E-state index contributed by atoms with van der Waals surface area (Å²) in [5, 5.41) is 0. The van der Waals surface area contributed by atoms with E-state index in [9.17, 15) is 0 Å². The van der Waals surface area contributed by atoms with E-state index in [-0.39, 0.29) is 17.4 Å². The molecule has 2 aromatic carbocycles. The van der Waals surface area contributed by atoms with Crippen LogP contribution >= 0.6 is 0 Å². The smallest absolute Gasteiger partial charge is 0.214 e. The fourth-order valence-corrected chi connectivity index (χ4v) is 1.32. The van der Waals surface area contributed by atoms with Gasteiger partial charge in [-0.25, -0.2) is 24.3 Å². The van der Waals surface area contributed by atoms with Crippen LogP contribution in [0.3, 0.4) is 0 Å². The minimum absolute atomic E-state index is 0. The largest absolute Gasteiger partial charge is 2.00 e. The Morgan fingerprint density at radius 3 is 1.11 bits per heavy atom. The van der Waals surface area contributed by atoms with Crippen LogP contribution in [-0.2, 0) is 17.4 Å². The zero-order chi connectivity index (χ0) is 12.6. The summed E-state index contributed by atoms with van der Waals surface area (Å²) >= 11 is 0. The Balaban J connectivity index is 0. The third kappa shape index (κ3) is 17.6. The second kappa shape index (κ2) is 18.6. The first kappa shape index (κ1) is 19.6. The monoisotopic (exact) mass is 282 g/mol. The van der Waals surface area contributed by atoms with Gasteiger partial charge in [0.25, 0.3) is 0 Å².